The van der Waals surface area contributed by atoms with Crippen molar-refractivity contribution in [1.29, 1.82) is 0 Å². The molecule has 0 N–H and O–H groups in total. The molecule has 0 saturated carbocycles. The number of rotatable bonds is 0. The number of para-hydroxylation sites is 2. The lowest BCUT2D eigenvalue weighted by Crippen LogP contribution is -2.04. The molecule has 2 heterocycles. The first-order valence-corrected chi connectivity index (χ1v) is 5.14. The molecule has 0 amide bonds. The van der Waals surface area contributed by atoms with Gasteiger partial charge in [0.1, 0.15) is 11.5 Å². The number of fused-ring (bicyclic) bond motifs is 3. The Kier molecular flexibility index (Phi) is 1.68. The number of carbonyl (C=O) groups excluding carboxylic acids is 1. The van der Waals surface area contributed by atoms with Gasteiger partial charge in [0.05, 0.1) is 17.2 Å². The minimum absolute atomic E-state index is 0.00565. The molecule has 0 unspecified atom stereocenters. The quantitative estimate of drug-likeness (QED) is 0.574. The molecular weight excluding hydrogens is 202 g/mol. The van der Waals surface area contributed by atoms with Crippen molar-refractivity contribution in [3.05, 3.63) is 36.3 Å². The number of hydrogen-bond acceptors (Lipinski definition) is 2. The molecule has 1 aromatic carbocycles. The third kappa shape index (κ3) is 0.984. The summed E-state index contributed by atoms with van der Waals surface area (Å²) < 4.78 is 3.69. The van der Waals surface area contributed by atoms with E-state index in [0.717, 1.165) is 22.5 Å². The van der Waals surface area contributed by atoms with Crippen LogP contribution in [0.5, 0.6) is 0 Å². The molecule has 3 aromatic rings. The standard InChI is InChI=1S/C12H11N3O/c1-8-13-7-12-14(8)10-5-3-4-6-11(10)15(12)9(2)16/h3-7H,1-2H3. The second-order valence-corrected chi connectivity index (χ2v) is 3.84. The molecule has 80 valence electrons. The maximum atomic E-state index is 11.7. The Balaban J connectivity index is 2.65. The highest BCUT2D eigenvalue weighted by Crippen LogP contribution is 2.21. The zero-order valence-corrected chi connectivity index (χ0v) is 9.14. The van der Waals surface area contributed by atoms with E-state index in [4.69, 9.17) is 0 Å². The van der Waals surface area contributed by atoms with Crippen molar-refractivity contribution in [2.75, 3.05) is 0 Å². The van der Waals surface area contributed by atoms with Crippen LogP contribution in [-0.2, 0) is 0 Å². The molecule has 0 spiro atoms. The molecule has 2 aromatic heterocycles. The van der Waals surface area contributed by atoms with E-state index in [1.54, 1.807) is 17.7 Å². The molecule has 4 nitrogen and oxygen atoms in total. The van der Waals surface area contributed by atoms with Crippen LogP contribution in [0.4, 0.5) is 0 Å². The highest BCUT2D eigenvalue weighted by molar-refractivity contribution is 5.95. The lowest BCUT2D eigenvalue weighted by atomic mass is 10.3. The van der Waals surface area contributed by atoms with Gasteiger partial charge in [-0.2, -0.15) is 0 Å². The van der Waals surface area contributed by atoms with Crippen LogP contribution in [-0.4, -0.2) is 19.9 Å². The number of nitrogens with zero attached hydrogens (tertiary/aromatic N) is 3. The highest BCUT2D eigenvalue weighted by atomic mass is 16.1. The SMILES string of the molecule is CC(=O)n1c2ccccc2n2c(C)ncc12. The van der Waals surface area contributed by atoms with Gasteiger partial charge in [-0.1, -0.05) is 12.1 Å². The van der Waals surface area contributed by atoms with E-state index < -0.39 is 0 Å². The van der Waals surface area contributed by atoms with Gasteiger partial charge in [-0.3, -0.25) is 13.8 Å². The first-order valence-electron chi connectivity index (χ1n) is 5.14. The summed E-state index contributed by atoms with van der Waals surface area (Å²) in [4.78, 5) is 15.9. The summed E-state index contributed by atoms with van der Waals surface area (Å²) in [6, 6.07) is 7.84. The average Bonchev–Trinajstić information content (AvgIpc) is 2.76. The van der Waals surface area contributed by atoms with E-state index in [9.17, 15) is 4.79 Å². The van der Waals surface area contributed by atoms with Gasteiger partial charge in [-0.05, 0) is 19.1 Å². The molecule has 0 atom stereocenters. The highest BCUT2D eigenvalue weighted by Gasteiger charge is 2.14. The third-order valence-corrected chi connectivity index (χ3v) is 2.83. The lowest BCUT2D eigenvalue weighted by Gasteiger charge is -1.97. The monoisotopic (exact) mass is 213 g/mol. The van der Waals surface area contributed by atoms with E-state index in [0.29, 0.717) is 0 Å². The smallest absolute Gasteiger partial charge is 0.229 e. The normalized spacial score (nSPS) is 11.4. The Labute approximate surface area is 92.1 Å². The molecule has 0 aliphatic heterocycles. The Morgan fingerprint density at radius 2 is 1.94 bits per heavy atom. The largest absolute Gasteiger partial charge is 0.280 e. The van der Waals surface area contributed by atoms with Gasteiger partial charge in [0, 0.05) is 6.92 Å². The molecular formula is C12H11N3O. The Morgan fingerprint density at radius 3 is 2.62 bits per heavy atom. The number of carbonyl (C=O) groups is 1. The van der Waals surface area contributed by atoms with Gasteiger partial charge in [-0.25, -0.2) is 4.98 Å². The van der Waals surface area contributed by atoms with Gasteiger partial charge in [0.25, 0.3) is 0 Å². The summed E-state index contributed by atoms with van der Waals surface area (Å²) >= 11 is 0. The van der Waals surface area contributed by atoms with Crippen LogP contribution in [0.1, 0.15) is 17.5 Å². The first-order chi connectivity index (χ1) is 7.70. The Morgan fingerprint density at radius 1 is 1.25 bits per heavy atom. The average molecular weight is 213 g/mol. The zero-order valence-electron chi connectivity index (χ0n) is 9.14. The third-order valence-electron chi connectivity index (χ3n) is 2.83. The molecule has 0 saturated heterocycles. The van der Waals surface area contributed by atoms with Crippen molar-refractivity contribution in [1.82, 2.24) is 14.0 Å². The molecule has 0 bridgehead atoms. The fourth-order valence-electron chi connectivity index (χ4n) is 2.18. The van der Waals surface area contributed by atoms with E-state index in [-0.39, 0.29) is 5.91 Å². The lowest BCUT2D eigenvalue weighted by molar-refractivity contribution is 0.0946. The number of benzene rings is 1. The van der Waals surface area contributed by atoms with Gasteiger partial charge in [0.2, 0.25) is 5.91 Å². The maximum absolute atomic E-state index is 11.7. The molecule has 0 aliphatic carbocycles. The van der Waals surface area contributed by atoms with E-state index in [1.165, 1.54) is 0 Å². The fraction of sp³-hybridized carbons (Fsp3) is 0.167. The van der Waals surface area contributed by atoms with E-state index in [1.807, 2.05) is 35.6 Å². The van der Waals surface area contributed by atoms with Crippen molar-refractivity contribution in [3.8, 4) is 0 Å². The van der Waals surface area contributed by atoms with Crippen LogP contribution in [0, 0.1) is 6.92 Å². The summed E-state index contributed by atoms with van der Waals surface area (Å²) in [6.07, 6.45) is 1.73. The molecule has 4 heteroatoms. The van der Waals surface area contributed by atoms with Crippen molar-refractivity contribution in [3.63, 3.8) is 0 Å². The summed E-state index contributed by atoms with van der Waals surface area (Å²) in [6.45, 7) is 3.50. The molecule has 0 aliphatic rings. The van der Waals surface area contributed by atoms with E-state index in [2.05, 4.69) is 4.98 Å². The number of imidazole rings is 2. The minimum Gasteiger partial charge on any atom is -0.280 e. The molecule has 0 fully saturated rings. The first kappa shape index (κ1) is 9.15. The second kappa shape index (κ2) is 2.95. The van der Waals surface area contributed by atoms with Crippen molar-refractivity contribution in [2.45, 2.75) is 13.8 Å². The topological polar surface area (TPSA) is 39.3 Å². The van der Waals surface area contributed by atoms with Crippen molar-refractivity contribution >= 4 is 22.6 Å². The number of hydrogen-bond donors (Lipinski definition) is 0. The summed E-state index contributed by atoms with van der Waals surface area (Å²) in [5.74, 6) is 0.900. The molecule has 0 radical (unpaired) electrons. The van der Waals surface area contributed by atoms with Gasteiger partial charge >= 0.3 is 0 Å². The van der Waals surface area contributed by atoms with Gasteiger partial charge in [0.15, 0.2) is 0 Å². The van der Waals surface area contributed by atoms with Crippen molar-refractivity contribution < 1.29 is 4.79 Å². The van der Waals surface area contributed by atoms with Crippen LogP contribution in [0.2, 0.25) is 0 Å². The Hall–Kier alpha value is -2.10. The van der Waals surface area contributed by atoms with Crippen LogP contribution in [0.3, 0.4) is 0 Å². The predicted octanol–water partition coefficient (Wildman–Crippen LogP) is 2.26. The molecule has 3 rings (SSSR count). The van der Waals surface area contributed by atoms with Crippen LogP contribution < -0.4 is 0 Å². The minimum atomic E-state index is 0.00565. The second-order valence-electron chi connectivity index (χ2n) is 3.84. The maximum Gasteiger partial charge on any atom is 0.229 e. The predicted molar refractivity (Wildman–Crippen MR) is 61.7 cm³/mol. The summed E-state index contributed by atoms with van der Waals surface area (Å²) in [7, 11) is 0. The summed E-state index contributed by atoms with van der Waals surface area (Å²) in [5, 5.41) is 0. The van der Waals surface area contributed by atoms with Crippen LogP contribution in [0.25, 0.3) is 16.7 Å². The number of aryl methyl sites for hydroxylation is 1. The molecule has 16 heavy (non-hydrogen) atoms. The van der Waals surface area contributed by atoms with Gasteiger partial charge < -0.3 is 0 Å². The van der Waals surface area contributed by atoms with Gasteiger partial charge in [-0.15, -0.1) is 0 Å². The zero-order chi connectivity index (χ0) is 11.3. The fourth-order valence-corrected chi connectivity index (χ4v) is 2.18. The Bertz CT molecular complexity index is 706. The number of aromatic nitrogens is 3. The van der Waals surface area contributed by atoms with E-state index >= 15 is 0 Å². The van der Waals surface area contributed by atoms with Crippen LogP contribution in [0.15, 0.2) is 30.5 Å². The van der Waals surface area contributed by atoms with Crippen LogP contribution >= 0.6 is 0 Å². The summed E-state index contributed by atoms with van der Waals surface area (Å²) in [5.41, 5.74) is 2.77. The van der Waals surface area contributed by atoms with Crippen molar-refractivity contribution in [2.24, 2.45) is 0 Å².